The zero-order chi connectivity index (χ0) is 23.6. The first-order valence-corrected chi connectivity index (χ1v) is 12.1. The number of ether oxygens (including phenoxy) is 2. The van der Waals surface area contributed by atoms with E-state index < -0.39 is 5.41 Å². The summed E-state index contributed by atoms with van der Waals surface area (Å²) in [5, 5.41) is 9.12. The monoisotopic (exact) mass is 464 g/mol. The van der Waals surface area contributed by atoms with Crippen LogP contribution in [-0.2, 0) is 14.3 Å². The van der Waals surface area contributed by atoms with Gasteiger partial charge in [-0.1, -0.05) is 0 Å². The van der Waals surface area contributed by atoms with Gasteiger partial charge in [-0.2, -0.15) is 5.26 Å². The number of nitrogens with one attached hydrogen (secondary N) is 1. The number of fused-ring (bicyclic) bond motifs is 1. The minimum Gasteiger partial charge on any atom is -0.469 e. The minimum absolute atomic E-state index is 0.106. The van der Waals surface area contributed by atoms with E-state index in [1.807, 2.05) is 0 Å². The zero-order valence-electron chi connectivity index (χ0n) is 19.2. The number of esters is 1. The van der Waals surface area contributed by atoms with Crippen LogP contribution in [0.25, 0.3) is 11.0 Å². The number of aromatic amines is 1. The lowest BCUT2D eigenvalue weighted by Gasteiger charge is -2.57. The van der Waals surface area contributed by atoms with Gasteiger partial charge in [0.1, 0.15) is 6.10 Å². The molecule has 2 aromatic rings. The molecule has 4 saturated carbocycles. The Kier molecular flexibility index (Phi) is 4.77. The van der Waals surface area contributed by atoms with Crippen LogP contribution in [-0.4, -0.2) is 52.8 Å². The van der Waals surface area contributed by atoms with Crippen molar-refractivity contribution < 1.29 is 19.1 Å². The highest BCUT2D eigenvalue weighted by Crippen LogP contribution is 2.61. The number of aromatic nitrogens is 2. The first-order valence-electron chi connectivity index (χ1n) is 12.1. The fraction of sp³-hybridized carbons (Fsp3) is 0.600. The summed E-state index contributed by atoms with van der Waals surface area (Å²) in [5.41, 5.74) is 1.22. The first kappa shape index (κ1) is 21.3. The lowest BCUT2D eigenvalue weighted by molar-refractivity contribution is -0.182. The van der Waals surface area contributed by atoms with Crippen LogP contribution in [0.2, 0.25) is 0 Å². The van der Waals surface area contributed by atoms with Crippen molar-refractivity contribution in [1.82, 2.24) is 14.5 Å². The highest BCUT2D eigenvalue weighted by Gasteiger charge is 2.60. The van der Waals surface area contributed by atoms with Crippen molar-refractivity contribution in [2.24, 2.45) is 23.2 Å². The van der Waals surface area contributed by atoms with E-state index in [2.05, 4.69) is 11.1 Å². The number of H-pyrrole nitrogens is 1. The zero-order valence-corrected chi connectivity index (χ0v) is 19.2. The smallest absolute Gasteiger partial charge is 0.410 e. The van der Waals surface area contributed by atoms with Crippen LogP contribution < -0.4 is 5.69 Å². The van der Waals surface area contributed by atoms with E-state index in [4.69, 9.17) is 14.7 Å². The third kappa shape index (κ3) is 3.15. The predicted molar refractivity (Wildman–Crippen MR) is 121 cm³/mol. The van der Waals surface area contributed by atoms with Gasteiger partial charge in [0.05, 0.1) is 41.2 Å². The maximum atomic E-state index is 13.1. The number of nitriles is 1. The second kappa shape index (κ2) is 7.62. The molecule has 1 N–H and O–H groups in total. The van der Waals surface area contributed by atoms with Crippen LogP contribution in [0.3, 0.4) is 0 Å². The molecule has 178 valence electrons. The largest absolute Gasteiger partial charge is 0.469 e. The number of rotatable bonds is 3. The molecule has 2 unspecified atom stereocenters. The molecule has 5 aliphatic rings. The number of amides is 1. The number of methoxy groups -OCH3 is 1. The van der Waals surface area contributed by atoms with Gasteiger partial charge in [0, 0.05) is 13.1 Å². The molecule has 1 saturated heterocycles. The number of carbonyl (C=O) groups excluding carboxylic acids is 2. The molecular formula is C25H28N4O5. The molecule has 7 rings (SSSR count). The number of hydrogen-bond donors (Lipinski definition) is 1. The lowest BCUT2D eigenvalue weighted by atomic mass is 9.48. The quantitative estimate of drug-likeness (QED) is 0.698. The van der Waals surface area contributed by atoms with Gasteiger partial charge < -0.3 is 19.4 Å². The van der Waals surface area contributed by atoms with Crippen LogP contribution in [0.5, 0.6) is 0 Å². The fourth-order valence-electron chi connectivity index (χ4n) is 7.51. The number of benzene rings is 1. The maximum absolute atomic E-state index is 13.1. The standard InChI is InChI=1S/C25H28N4O5/c1-33-22(30)25-9-15-6-16(10-25)21(17(7-15)11-25)34-24(32)28-5-4-18(13-28)29-20-3-2-14(12-26)8-19(20)27-23(29)31/h2-3,8,15-18,21H,4-7,9-11,13H2,1H3,(H,27,31)/t15?,16?,17?,18-,21?,25?/m1/s1. The number of likely N-dealkylation sites (tertiary alicyclic amines) is 1. The molecule has 1 aromatic carbocycles. The Morgan fingerprint density at radius 2 is 1.97 bits per heavy atom. The molecule has 3 atom stereocenters. The van der Waals surface area contributed by atoms with Gasteiger partial charge in [0.15, 0.2) is 0 Å². The third-order valence-corrected chi connectivity index (χ3v) is 8.67. The van der Waals surface area contributed by atoms with Gasteiger partial charge in [-0.25, -0.2) is 9.59 Å². The summed E-state index contributed by atoms with van der Waals surface area (Å²) in [7, 11) is 1.46. The molecule has 34 heavy (non-hydrogen) atoms. The molecule has 1 aromatic heterocycles. The molecular weight excluding hydrogens is 436 g/mol. The second-order valence-electron chi connectivity index (χ2n) is 10.6. The van der Waals surface area contributed by atoms with Gasteiger partial charge in [0.25, 0.3) is 0 Å². The molecule has 1 aliphatic heterocycles. The molecule has 2 heterocycles. The Morgan fingerprint density at radius 3 is 2.68 bits per heavy atom. The van der Waals surface area contributed by atoms with Crippen LogP contribution in [0.4, 0.5) is 4.79 Å². The van der Waals surface area contributed by atoms with Crippen molar-refractivity contribution >= 4 is 23.1 Å². The number of carbonyl (C=O) groups is 2. The van der Waals surface area contributed by atoms with Crippen molar-refractivity contribution in [2.75, 3.05) is 20.2 Å². The van der Waals surface area contributed by atoms with Crippen molar-refractivity contribution in [3.8, 4) is 6.07 Å². The van der Waals surface area contributed by atoms with E-state index in [0.717, 1.165) is 37.6 Å². The number of nitrogens with zero attached hydrogens (tertiary/aromatic N) is 3. The average molecular weight is 465 g/mol. The highest BCUT2D eigenvalue weighted by atomic mass is 16.6. The summed E-state index contributed by atoms with van der Waals surface area (Å²) >= 11 is 0. The minimum atomic E-state index is -0.394. The molecule has 4 bridgehead atoms. The average Bonchev–Trinajstić information content (AvgIpc) is 3.43. The van der Waals surface area contributed by atoms with E-state index >= 15 is 0 Å². The summed E-state index contributed by atoms with van der Waals surface area (Å²) in [5.74, 6) is 0.819. The molecule has 9 heteroatoms. The molecule has 4 aliphatic carbocycles. The van der Waals surface area contributed by atoms with Crippen molar-refractivity contribution in [3.05, 3.63) is 34.2 Å². The van der Waals surface area contributed by atoms with Crippen LogP contribution in [0.1, 0.15) is 50.1 Å². The SMILES string of the molecule is COC(=O)C12CC3CC(C1)C(OC(=O)N1CC[C@@H](n4c(=O)[nH]c5cc(C#N)ccc54)C1)C(C3)C2. The fourth-order valence-corrected chi connectivity index (χ4v) is 7.51. The number of hydrogen-bond acceptors (Lipinski definition) is 6. The van der Waals surface area contributed by atoms with Crippen LogP contribution in [0.15, 0.2) is 23.0 Å². The first-order chi connectivity index (χ1) is 16.4. The molecule has 5 fully saturated rings. The predicted octanol–water partition coefficient (Wildman–Crippen LogP) is 2.95. The Hall–Kier alpha value is -3.28. The van der Waals surface area contributed by atoms with Crippen molar-refractivity contribution in [3.63, 3.8) is 0 Å². The van der Waals surface area contributed by atoms with E-state index in [1.165, 1.54) is 7.11 Å². The Labute approximate surface area is 196 Å². The van der Waals surface area contributed by atoms with Gasteiger partial charge >= 0.3 is 17.8 Å². The van der Waals surface area contributed by atoms with Crippen molar-refractivity contribution in [1.29, 1.82) is 5.26 Å². The van der Waals surface area contributed by atoms with E-state index in [-0.39, 0.29) is 41.7 Å². The molecule has 9 nitrogen and oxygen atoms in total. The van der Waals surface area contributed by atoms with Crippen LogP contribution in [0, 0.1) is 34.5 Å². The topological polar surface area (TPSA) is 117 Å². The number of imidazole rings is 1. The maximum Gasteiger partial charge on any atom is 0.410 e. The van der Waals surface area contributed by atoms with Gasteiger partial charge in [0.2, 0.25) is 0 Å². The Morgan fingerprint density at radius 1 is 1.21 bits per heavy atom. The summed E-state index contributed by atoms with van der Waals surface area (Å²) in [4.78, 5) is 42.8. The molecule has 0 radical (unpaired) electrons. The summed E-state index contributed by atoms with van der Waals surface area (Å²) in [6.45, 7) is 0.929. The normalized spacial score (nSPS) is 33.8. The van der Waals surface area contributed by atoms with Gasteiger partial charge in [-0.3, -0.25) is 9.36 Å². The van der Waals surface area contributed by atoms with Crippen molar-refractivity contribution in [2.45, 2.75) is 50.7 Å². The second-order valence-corrected chi connectivity index (χ2v) is 10.6. The highest BCUT2D eigenvalue weighted by molar-refractivity contribution is 5.78. The summed E-state index contributed by atoms with van der Waals surface area (Å²) in [6.07, 6.45) is 4.57. The Bertz CT molecular complexity index is 1260. The summed E-state index contributed by atoms with van der Waals surface area (Å²) < 4.78 is 12.9. The van der Waals surface area contributed by atoms with E-state index in [1.54, 1.807) is 27.7 Å². The van der Waals surface area contributed by atoms with E-state index in [9.17, 15) is 14.4 Å². The third-order valence-electron chi connectivity index (χ3n) is 8.67. The summed E-state index contributed by atoms with van der Waals surface area (Å²) in [6, 6.07) is 7.07. The van der Waals surface area contributed by atoms with Crippen LogP contribution >= 0.6 is 0 Å². The Balaban J connectivity index is 1.16. The van der Waals surface area contributed by atoms with E-state index in [0.29, 0.717) is 36.5 Å². The molecule has 0 spiro atoms. The van der Waals surface area contributed by atoms with Gasteiger partial charge in [-0.15, -0.1) is 0 Å². The lowest BCUT2D eigenvalue weighted by Crippen LogP contribution is -2.58. The molecule has 1 amide bonds. The van der Waals surface area contributed by atoms with Gasteiger partial charge in [-0.05, 0) is 74.5 Å².